The second kappa shape index (κ2) is 5.52. The summed E-state index contributed by atoms with van der Waals surface area (Å²) >= 11 is 0. The lowest BCUT2D eigenvalue weighted by atomic mass is 10.1. The number of Topliss-reactive ketones (excluding diaryl/α,β-unsaturated/α-hetero) is 1. The van der Waals surface area contributed by atoms with Crippen LogP contribution in [0.15, 0.2) is 42.5 Å². The Kier molecular flexibility index (Phi) is 3.80. The predicted molar refractivity (Wildman–Crippen MR) is 74.6 cm³/mol. The number of benzene rings is 2. The number of carbonyl (C=O) groups excluding carboxylic acids is 1. The predicted octanol–water partition coefficient (Wildman–Crippen LogP) is 3.22. The Morgan fingerprint density at radius 1 is 1.21 bits per heavy atom. The zero-order valence-electron chi connectivity index (χ0n) is 10.6. The number of nitrogens with one attached hydrogen (secondary N) is 1. The fraction of sp³-hybridized carbons (Fsp3) is 0.133. The molecule has 2 aromatic rings. The molecule has 0 atom stereocenters. The van der Waals surface area contributed by atoms with E-state index in [1.807, 2.05) is 0 Å². The van der Waals surface area contributed by atoms with Gasteiger partial charge in [0, 0.05) is 23.5 Å². The number of anilines is 2. The van der Waals surface area contributed by atoms with Crippen molar-refractivity contribution < 1.29 is 9.18 Å². The van der Waals surface area contributed by atoms with Crippen LogP contribution in [-0.4, -0.2) is 5.78 Å². The van der Waals surface area contributed by atoms with Crippen molar-refractivity contribution in [3.05, 3.63) is 59.4 Å². The molecule has 0 saturated carbocycles. The van der Waals surface area contributed by atoms with Crippen molar-refractivity contribution in [3.63, 3.8) is 0 Å². The van der Waals surface area contributed by atoms with E-state index in [2.05, 4.69) is 5.32 Å². The molecule has 0 spiro atoms. The lowest BCUT2D eigenvalue weighted by Gasteiger charge is -2.09. The monoisotopic (exact) mass is 258 g/mol. The van der Waals surface area contributed by atoms with Gasteiger partial charge in [-0.25, -0.2) is 4.39 Å². The summed E-state index contributed by atoms with van der Waals surface area (Å²) in [5, 5.41) is 3.17. The molecule has 0 bridgehead atoms. The first-order valence-electron chi connectivity index (χ1n) is 5.95. The summed E-state index contributed by atoms with van der Waals surface area (Å²) < 4.78 is 12.8. The third-order valence-electron chi connectivity index (χ3n) is 2.84. The number of carbonyl (C=O) groups is 1. The van der Waals surface area contributed by atoms with Crippen LogP contribution in [0.1, 0.15) is 22.8 Å². The average molecular weight is 258 g/mol. The molecule has 0 aliphatic rings. The molecule has 2 rings (SSSR count). The van der Waals surface area contributed by atoms with Crippen molar-refractivity contribution in [2.75, 3.05) is 11.1 Å². The molecule has 0 radical (unpaired) electrons. The number of hydrogen-bond acceptors (Lipinski definition) is 3. The second-order valence-electron chi connectivity index (χ2n) is 4.34. The van der Waals surface area contributed by atoms with E-state index in [4.69, 9.17) is 5.73 Å². The van der Waals surface area contributed by atoms with Gasteiger partial charge in [-0.3, -0.25) is 4.79 Å². The fourth-order valence-corrected chi connectivity index (χ4v) is 1.80. The van der Waals surface area contributed by atoms with Crippen LogP contribution in [0.5, 0.6) is 0 Å². The van der Waals surface area contributed by atoms with Crippen LogP contribution in [0.3, 0.4) is 0 Å². The van der Waals surface area contributed by atoms with Crippen molar-refractivity contribution in [3.8, 4) is 0 Å². The summed E-state index contributed by atoms with van der Waals surface area (Å²) in [5.74, 6) is -0.304. The molecule has 2 aromatic carbocycles. The van der Waals surface area contributed by atoms with Crippen LogP contribution < -0.4 is 11.1 Å². The van der Waals surface area contributed by atoms with Gasteiger partial charge in [0.15, 0.2) is 5.78 Å². The highest BCUT2D eigenvalue weighted by Gasteiger charge is 2.05. The van der Waals surface area contributed by atoms with Crippen molar-refractivity contribution >= 4 is 17.2 Å². The molecule has 3 N–H and O–H groups in total. The smallest absolute Gasteiger partial charge is 0.161 e. The molecule has 0 aliphatic carbocycles. The first kappa shape index (κ1) is 13.1. The van der Waals surface area contributed by atoms with Crippen molar-refractivity contribution in [2.24, 2.45) is 0 Å². The highest BCUT2D eigenvalue weighted by molar-refractivity contribution is 5.99. The van der Waals surface area contributed by atoms with Crippen LogP contribution in [0.2, 0.25) is 0 Å². The zero-order valence-corrected chi connectivity index (χ0v) is 10.6. The third kappa shape index (κ3) is 3.31. The molecule has 98 valence electrons. The van der Waals surface area contributed by atoms with Gasteiger partial charge in [0.2, 0.25) is 0 Å². The Balaban J connectivity index is 2.06. The highest BCUT2D eigenvalue weighted by Crippen LogP contribution is 2.19. The summed E-state index contributed by atoms with van der Waals surface area (Å²) in [6.07, 6.45) is 0. The molecule has 0 heterocycles. The van der Waals surface area contributed by atoms with Gasteiger partial charge in [-0.15, -0.1) is 0 Å². The summed E-state index contributed by atoms with van der Waals surface area (Å²) in [7, 11) is 0. The molecule has 4 heteroatoms. The quantitative estimate of drug-likeness (QED) is 0.654. The van der Waals surface area contributed by atoms with Gasteiger partial charge in [-0.1, -0.05) is 12.1 Å². The van der Waals surface area contributed by atoms with E-state index in [-0.39, 0.29) is 11.6 Å². The molecule has 0 aromatic heterocycles. The summed E-state index contributed by atoms with van der Waals surface area (Å²) in [5.41, 5.74) is 8.57. The Bertz CT molecular complexity index is 594. The van der Waals surface area contributed by atoms with Crippen molar-refractivity contribution in [1.29, 1.82) is 0 Å². The first-order chi connectivity index (χ1) is 9.06. The molecule has 3 nitrogen and oxygen atoms in total. The van der Waals surface area contributed by atoms with E-state index in [9.17, 15) is 9.18 Å². The number of ketones is 1. The molecule has 0 amide bonds. The number of hydrogen-bond donors (Lipinski definition) is 2. The maximum Gasteiger partial charge on any atom is 0.161 e. The first-order valence-corrected chi connectivity index (χ1v) is 5.95. The Morgan fingerprint density at radius 3 is 2.47 bits per heavy atom. The Labute approximate surface area is 111 Å². The zero-order chi connectivity index (χ0) is 13.8. The van der Waals surface area contributed by atoms with Gasteiger partial charge in [0.25, 0.3) is 0 Å². The van der Waals surface area contributed by atoms with Crippen molar-refractivity contribution in [2.45, 2.75) is 13.5 Å². The summed E-state index contributed by atoms with van der Waals surface area (Å²) in [6.45, 7) is 2.05. The molecular formula is C15H15FN2O. The summed E-state index contributed by atoms with van der Waals surface area (Å²) in [6, 6.07) is 11.5. The van der Waals surface area contributed by atoms with E-state index in [0.29, 0.717) is 17.8 Å². The maximum atomic E-state index is 12.8. The Hall–Kier alpha value is -2.36. The van der Waals surface area contributed by atoms with E-state index in [0.717, 1.165) is 11.3 Å². The van der Waals surface area contributed by atoms with Gasteiger partial charge < -0.3 is 11.1 Å². The number of nitrogens with two attached hydrogens (primary N) is 1. The van der Waals surface area contributed by atoms with Gasteiger partial charge in [0.05, 0.1) is 0 Å². The van der Waals surface area contributed by atoms with E-state index < -0.39 is 0 Å². The lowest BCUT2D eigenvalue weighted by molar-refractivity contribution is 0.101. The topological polar surface area (TPSA) is 55.1 Å². The summed E-state index contributed by atoms with van der Waals surface area (Å²) in [4.78, 5) is 11.3. The highest BCUT2D eigenvalue weighted by atomic mass is 19.1. The minimum absolute atomic E-state index is 0.0532. The van der Waals surface area contributed by atoms with E-state index in [1.165, 1.54) is 19.1 Å². The second-order valence-corrected chi connectivity index (χ2v) is 4.34. The SMILES string of the molecule is CC(=O)c1ccc(NCc2ccc(F)cc2)cc1N. The maximum absolute atomic E-state index is 12.8. The van der Waals surface area contributed by atoms with Crippen LogP contribution in [0.25, 0.3) is 0 Å². The minimum atomic E-state index is -0.251. The fourth-order valence-electron chi connectivity index (χ4n) is 1.80. The van der Waals surface area contributed by atoms with Crippen LogP contribution in [0, 0.1) is 5.82 Å². The minimum Gasteiger partial charge on any atom is -0.398 e. The molecule has 19 heavy (non-hydrogen) atoms. The molecular weight excluding hydrogens is 243 g/mol. The largest absolute Gasteiger partial charge is 0.398 e. The number of nitrogen functional groups attached to an aromatic ring is 1. The van der Waals surface area contributed by atoms with E-state index >= 15 is 0 Å². The standard InChI is InChI=1S/C15H15FN2O/c1-10(19)14-7-6-13(8-15(14)17)18-9-11-2-4-12(16)5-3-11/h2-8,18H,9,17H2,1H3. The van der Waals surface area contributed by atoms with Gasteiger partial charge in [-0.05, 0) is 42.8 Å². The molecule has 0 aliphatic heterocycles. The normalized spacial score (nSPS) is 10.2. The number of halogens is 1. The van der Waals surface area contributed by atoms with E-state index in [1.54, 1.807) is 30.3 Å². The van der Waals surface area contributed by atoms with Crippen LogP contribution in [-0.2, 0) is 6.54 Å². The number of rotatable bonds is 4. The molecule has 0 fully saturated rings. The van der Waals surface area contributed by atoms with Crippen LogP contribution >= 0.6 is 0 Å². The van der Waals surface area contributed by atoms with Gasteiger partial charge in [-0.2, -0.15) is 0 Å². The molecule has 0 saturated heterocycles. The van der Waals surface area contributed by atoms with Crippen molar-refractivity contribution in [1.82, 2.24) is 0 Å². The molecule has 0 unspecified atom stereocenters. The van der Waals surface area contributed by atoms with Gasteiger partial charge >= 0.3 is 0 Å². The average Bonchev–Trinajstić information content (AvgIpc) is 2.37. The Morgan fingerprint density at radius 2 is 1.89 bits per heavy atom. The van der Waals surface area contributed by atoms with Crippen LogP contribution in [0.4, 0.5) is 15.8 Å². The lowest BCUT2D eigenvalue weighted by Crippen LogP contribution is -2.03. The third-order valence-corrected chi connectivity index (χ3v) is 2.84. The van der Waals surface area contributed by atoms with Gasteiger partial charge in [0.1, 0.15) is 5.82 Å².